The lowest BCUT2D eigenvalue weighted by Gasteiger charge is -2.18. The van der Waals surface area contributed by atoms with Gasteiger partial charge in [-0.3, -0.25) is 9.59 Å². The summed E-state index contributed by atoms with van der Waals surface area (Å²) in [5.74, 6) is -0.277. The van der Waals surface area contributed by atoms with E-state index in [0.717, 1.165) is 24.2 Å². The van der Waals surface area contributed by atoms with Gasteiger partial charge in [-0.05, 0) is 49.2 Å². The van der Waals surface area contributed by atoms with Crippen LogP contribution in [0, 0.1) is 6.92 Å². The molecule has 1 amide bonds. The normalized spacial score (nSPS) is 10.4. The first kappa shape index (κ1) is 16.8. The SMILES string of the molecule is CCCN(C)c1ccc(C(=O)Nc2c(C)ccn(C)c2=O)cc1. The van der Waals surface area contributed by atoms with Gasteiger partial charge < -0.3 is 14.8 Å². The molecule has 0 radical (unpaired) electrons. The fourth-order valence-corrected chi connectivity index (χ4v) is 2.39. The van der Waals surface area contributed by atoms with Crippen LogP contribution >= 0.6 is 0 Å². The third-order valence-corrected chi connectivity index (χ3v) is 3.84. The van der Waals surface area contributed by atoms with Gasteiger partial charge in [0.05, 0.1) is 0 Å². The smallest absolute Gasteiger partial charge is 0.274 e. The Morgan fingerprint density at radius 2 is 1.87 bits per heavy atom. The predicted molar refractivity (Wildman–Crippen MR) is 94.4 cm³/mol. The zero-order chi connectivity index (χ0) is 17.0. The highest BCUT2D eigenvalue weighted by Crippen LogP contribution is 2.15. The third-order valence-electron chi connectivity index (χ3n) is 3.84. The molecule has 0 bridgehead atoms. The highest BCUT2D eigenvalue weighted by molar-refractivity contribution is 6.04. The Morgan fingerprint density at radius 1 is 1.22 bits per heavy atom. The number of amides is 1. The van der Waals surface area contributed by atoms with Gasteiger partial charge >= 0.3 is 0 Å². The molecular weight excluding hydrogens is 290 g/mol. The minimum Gasteiger partial charge on any atom is -0.375 e. The zero-order valence-corrected chi connectivity index (χ0v) is 14.1. The van der Waals surface area contributed by atoms with Gasteiger partial charge in [0.15, 0.2) is 0 Å². The summed E-state index contributed by atoms with van der Waals surface area (Å²) in [5.41, 5.74) is 2.46. The summed E-state index contributed by atoms with van der Waals surface area (Å²) < 4.78 is 1.45. The first-order chi connectivity index (χ1) is 10.9. The van der Waals surface area contributed by atoms with Crippen molar-refractivity contribution in [2.45, 2.75) is 20.3 Å². The molecule has 0 saturated carbocycles. The molecule has 1 heterocycles. The molecule has 0 saturated heterocycles. The van der Waals surface area contributed by atoms with Gasteiger partial charge in [-0.2, -0.15) is 0 Å². The number of nitrogens with zero attached hydrogens (tertiary/aromatic N) is 2. The van der Waals surface area contributed by atoms with Gasteiger partial charge in [-0.15, -0.1) is 0 Å². The lowest BCUT2D eigenvalue weighted by Crippen LogP contribution is -2.25. The summed E-state index contributed by atoms with van der Waals surface area (Å²) in [7, 11) is 3.69. The van der Waals surface area contributed by atoms with E-state index in [1.807, 2.05) is 19.2 Å². The molecule has 2 aromatic rings. The van der Waals surface area contributed by atoms with Crippen molar-refractivity contribution in [2.75, 3.05) is 23.8 Å². The summed E-state index contributed by atoms with van der Waals surface area (Å²) in [4.78, 5) is 26.6. The van der Waals surface area contributed by atoms with Crippen LogP contribution in [0.1, 0.15) is 29.3 Å². The van der Waals surface area contributed by atoms with Gasteiger partial charge in [0, 0.05) is 38.1 Å². The Kier molecular flexibility index (Phi) is 5.21. The summed E-state index contributed by atoms with van der Waals surface area (Å²) in [6.45, 7) is 4.89. The van der Waals surface area contributed by atoms with Gasteiger partial charge in [0.1, 0.15) is 5.69 Å². The Hall–Kier alpha value is -2.56. The van der Waals surface area contributed by atoms with Crippen molar-refractivity contribution in [1.82, 2.24) is 4.57 Å². The largest absolute Gasteiger partial charge is 0.375 e. The van der Waals surface area contributed by atoms with Gasteiger partial charge in [-0.25, -0.2) is 0 Å². The first-order valence-electron chi connectivity index (χ1n) is 7.72. The quantitative estimate of drug-likeness (QED) is 0.923. The number of carbonyl (C=O) groups is 1. The number of pyridine rings is 1. The molecule has 2 rings (SSSR count). The molecule has 0 spiro atoms. The molecule has 5 heteroatoms. The van der Waals surface area contributed by atoms with Crippen molar-refractivity contribution in [1.29, 1.82) is 0 Å². The summed E-state index contributed by atoms with van der Waals surface area (Å²) in [6.07, 6.45) is 2.75. The third kappa shape index (κ3) is 3.80. The molecule has 23 heavy (non-hydrogen) atoms. The maximum Gasteiger partial charge on any atom is 0.274 e. The number of benzene rings is 1. The second kappa shape index (κ2) is 7.13. The topological polar surface area (TPSA) is 54.3 Å². The van der Waals surface area contributed by atoms with E-state index >= 15 is 0 Å². The minimum absolute atomic E-state index is 0.211. The van der Waals surface area contributed by atoms with Crippen LogP contribution < -0.4 is 15.8 Å². The summed E-state index contributed by atoms with van der Waals surface area (Å²) >= 11 is 0. The first-order valence-corrected chi connectivity index (χ1v) is 7.72. The maximum atomic E-state index is 12.4. The lowest BCUT2D eigenvalue weighted by atomic mass is 10.1. The number of hydrogen-bond acceptors (Lipinski definition) is 3. The van der Waals surface area contributed by atoms with Crippen LogP contribution in [0.4, 0.5) is 11.4 Å². The number of carbonyl (C=O) groups excluding carboxylic acids is 1. The van der Waals surface area contributed by atoms with Crippen LogP contribution in [0.15, 0.2) is 41.3 Å². The molecule has 0 aliphatic heterocycles. The van der Waals surface area contributed by atoms with Crippen LogP contribution in [0.25, 0.3) is 0 Å². The number of aryl methyl sites for hydroxylation is 2. The van der Waals surface area contributed by atoms with E-state index in [2.05, 4.69) is 17.1 Å². The summed E-state index contributed by atoms with van der Waals surface area (Å²) in [5, 5.41) is 2.72. The number of hydrogen-bond donors (Lipinski definition) is 1. The number of nitrogens with one attached hydrogen (secondary N) is 1. The molecule has 0 fully saturated rings. The van der Waals surface area contributed by atoms with Crippen molar-refractivity contribution >= 4 is 17.3 Å². The average molecular weight is 313 g/mol. The van der Waals surface area contributed by atoms with E-state index in [4.69, 9.17) is 0 Å². The molecule has 5 nitrogen and oxygen atoms in total. The highest BCUT2D eigenvalue weighted by atomic mass is 16.2. The molecule has 0 aliphatic carbocycles. The summed E-state index contributed by atoms with van der Waals surface area (Å²) in [6, 6.07) is 9.19. The van der Waals surface area contributed by atoms with Crippen LogP contribution in [-0.4, -0.2) is 24.1 Å². The second-order valence-corrected chi connectivity index (χ2v) is 5.71. The monoisotopic (exact) mass is 313 g/mol. The second-order valence-electron chi connectivity index (χ2n) is 5.71. The van der Waals surface area contributed by atoms with Crippen molar-refractivity contribution in [3.63, 3.8) is 0 Å². The predicted octanol–water partition coefficient (Wildman–Crippen LogP) is 2.79. The average Bonchev–Trinajstić information content (AvgIpc) is 2.55. The number of anilines is 2. The van der Waals surface area contributed by atoms with Crippen LogP contribution in [0.2, 0.25) is 0 Å². The zero-order valence-electron chi connectivity index (χ0n) is 14.1. The van der Waals surface area contributed by atoms with Crippen molar-refractivity contribution < 1.29 is 4.79 Å². The Labute approximate surface area is 136 Å². The lowest BCUT2D eigenvalue weighted by molar-refractivity contribution is 0.102. The molecule has 1 aromatic carbocycles. The standard InChI is InChI=1S/C18H23N3O2/c1-5-11-20(3)15-8-6-14(7-9-15)17(22)19-16-13(2)10-12-21(4)18(16)23/h6-10,12H,5,11H2,1-4H3,(H,19,22). The van der Waals surface area contributed by atoms with Crippen LogP contribution in [-0.2, 0) is 7.05 Å². The fraction of sp³-hybridized carbons (Fsp3) is 0.333. The van der Waals surface area contributed by atoms with Crippen LogP contribution in [0.5, 0.6) is 0 Å². The highest BCUT2D eigenvalue weighted by Gasteiger charge is 2.12. The van der Waals surface area contributed by atoms with E-state index in [-0.39, 0.29) is 11.5 Å². The molecule has 0 aliphatic rings. The van der Waals surface area contributed by atoms with E-state index < -0.39 is 0 Å². The van der Waals surface area contributed by atoms with Crippen molar-refractivity contribution in [3.05, 3.63) is 58.0 Å². The maximum absolute atomic E-state index is 12.4. The van der Waals surface area contributed by atoms with E-state index in [0.29, 0.717) is 11.3 Å². The molecule has 122 valence electrons. The van der Waals surface area contributed by atoms with Gasteiger partial charge in [-0.1, -0.05) is 6.92 Å². The van der Waals surface area contributed by atoms with E-state index in [9.17, 15) is 9.59 Å². The Morgan fingerprint density at radius 3 is 2.48 bits per heavy atom. The number of rotatable bonds is 5. The molecule has 1 N–H and O–H groups in total. The minimum atomic E-state index is -0.277. The van der Waals surface area contributed by atoms with Crippen molar-refractivity contribution in [3.8, 4) is 0 Å². The molecule has 0 atom stereocenters. The van der Waals surface area contributed by atoms with Crippen molar-refractivity contribution in [2.24, 2.45) is 7.05 Å². The molecule has 1 aromatic heterocycles. The van der Waals surface area contributed by atoms with Gasteiger partial charge in [0.2, 0.25) is 0 Å². The fourth-order valence-electron chi connectivity index (χ4n) is 2.39. The van der Waals surface area contributed by atoms with E-state index in [1.54, 1.807) is 38.4 Å². The molecular formula is C18H23N3O2. The Bertz CT molecular complexity index is 748. The van der Waals surface area contributed by atoms with Crippen LogP contribution in [0.3, 0.4) is 0 Å². The van der Waals surface area contributed by atoms with E-state index in [1.165, 1.54) is 4.57 Å². The van der Waals surface area contributed by atoms with Gasteiger partial charge in [0.25, 0.3) is 11.5 Å². The molecule has 0 unspecified atom stereocenters. The Balaban J connectivity index is 2.19. The number of aromatic nitrogens is 1.